The van der Waals surface area contributed by atoms with Crippen molar-refractivity contribution in [2.45, 2.75) is 13.8 Å². The number of nitrogens with one attached hydrogen (secondary N) is 2. The van der Waals surface area contributed by atoms with Gasteiger partial charge in [-0.1, -0.05) is 6.92 Å². The zero-order valence-corrected chi connectivity index (χ0v) is 10.5. The van der Waals surface area contributed by atoms with Crippen molar-refractivity contribution < 1.29 is 4.21 Å². The van der Waals surface area contributed by atoms with Gasteiger partial charge in [-0.05, 0) is 6.92 Å². The number of hydrogen-bond donors (Lipinski definition) is 2. The summed E-state index contributed by atoms with van der Waals surface area (Å²) in [6.07, 6.45) is 1.51. The lowest BCUT2D eigenvalue weighted by molar-refractivity contribution is 0.684. The van der Waals surface area contributed by atoms with Crippen LogP contribution in [0.5, 0.6) is 0 Å². The summed E-state index contributed by atoms with van der Waals surface area (Å²) in [6, 6.07) is 1.85. The Morgan fingerprint density at radius 1 is 1.25 bits per heavy atom. The fourth-order valence-corrected chi connectivity index (χ4v) is 1.79. The molecule has 1 atom stereocenters. The second-order valence-electron chi connectivity index (χ2n) is 3.18. The van der Waals surface area contributed by atoms with Crippen LogP contribution in [0.3, 0.4) is 0 Å². The largest absolute Gasteiger partial charge is 0.370 e. The van der Waals surface area contributed by atoms with Crippen molar-refractivity contribution in [1.29, 1.82) is 0 Å². The van der Waals surface area contributed by atoms with Crippen LogP contribution in [0.25, 0.3) is 0 Å². The molecule has 0 aliphatic carbocycles. The highest BCUT2D eigenvalue weighted by atomic mass is 32.2. The van der Waals surface area contributed by atoms with E-state index in [1.807, 2.05) is 19.9 Å². The molecule has 6 heteroatoms. The highest BCUT2D eigenvalue weighted by Crippen LogP contribution is 2.07. The molecule has 1 aromatic heterocycles. The zero-order chi connectivity index (χ0) is 11.8. The first-order chi connectivity index (χ1) is 7.76. The molecule has 0 aliphatic rings. The first-order valence-corrected chi connectivity index (χ1v) is 6.89. The van der Waals surface area contributed by atoms with Gasteiger partial charge in [-0.3, -0.25) is 4.21 Å². The van der Waals surface area contributed by atoms with Gasteiger partial charge < -0.3 is 10.6 Å². The molecule has 90 valence electrons. The van der Waals surface area contributed by atoms with Crippen molar-refractivity contribution in [2.75, 3.05) is 35.2 Å². The normalized spacial score (nSPS) is 12.1. The van der Waals surface area contributed by atoms with Crippen LogP contribution in [0.4, 0.5) is 11.6 Å². The van der Waals surface area contributed by atoms with Crippen molar-refractivity contribution in [3.05, 3.63) is 12.4 Å². The SMILES string of the molecule is CCNc1cc(NCCS(=O)CC)ncn1. The molecule has 1 aromatic rings. The Morgan fingerprint density at radius 3 is 2.56 bits per heavy atom. The first-order valence-electron chi connectivity index (χ1n) is 5.41. The van der Waals surface area contributed by atoms with Crippen molar-refractivity contribution in [3.63, 3.8) is 0 Å². The number of hydrogen-bond acceptors (Lipinski definition) is 5. The second kappa shape index (κ2) is 7.16. The fourth-order valence-electron chi connectivity index (χ4n) is 1.17. The van der Waals surface area contributed by atoms with E-state index in [0.29, 0.717) is 18.1 Å². The maximum Gasteiger partial charge on any atom is 0.131 e. The number of rotatable bonds is 7. The lowest BCUT2D eigenvalue weighted by atomic mass is 10.5. The number of nitrogens with zero attached hydrogens (tertiary/aromatic N) is 2. The smallest absolute Gasteiger partial charge is 0.131 e. The van der Waals surface area contributed by atoms with Gasteiger partial charge in [-0.25, -0.2) is 9.97 Å². The van der Waals surface area contributed by atoms with Crippen molar-refractivity contribution in [2.24, 2.45) is 0 Å². The van der Waals surface area contributed by atoms with Crippen molar-refractivity contribution in [1.82, 2.24) is 9.97 Å². The minimum absolute atomic E-state index is 0.650. The van der Waals surface area contributed by atoms with E-state index in [0.717, 1.165) is 18.2 Å². The average Bonchev–Trinajstić information content (AvgIpc) is 2.30. The Hall–Kier alpha value is -1.17. The predicted molar refractivity (Wildman–Crippen MR) is 68.2 cm³/mol. The third-order valence-electron chi connectivity index (χ3n) is 1.98. The molecule has 0 saturated carbocycles. The van der Waals surface area contributed by atoms with Gasteiger partial charge in [0.25, 0.3) is 0 Å². The van der Waals surface area contributed by atoms with Crippen LogP contribution in [-0.2, 0) is 10.8 Å². The quantitative estimate of drug-likeness (QED) is 0.749. The maximum atomic E-state index is 11.2. The fraction of sp³-hybridized carbons (Fsp3) is 0.600. The zero-order valence-electron chi connectivity index (χ0n) is 9.69. The molecule has 0 radical (unpaired) electrons. The van der Waals surface area contributed by atoms with Gasteiger partial charge in [0.2, 0.25) is 0 Å². The molecule has 16 heavy (non-hydrogen) atoms. The van der Waals surface area contributed by atoms with Gasteiger partial charge >= 0.3 is 0 Å². The summed E-state index contributed by atoms with van der Waals surface area (Å²) in [5.74, 6) is 2.92. The molecule has 5 nitrogen and oxygen atoms in total. The van der Waals surface area contributed by atoms with Crippen LogP contribution in [0.15, 0.2) is 12.4 Å². The average molecular weight is 242 g/mol. The highest BCUT2D eigenvalue weighted by molar-refractivity contribution is 7.84. The van der Waals surface area contributed by atoms with Crippen LogP contribution >= 0.6 is 0 Å². The lowest BCUT2D eigenvalue weighted by Crippen LogP contribution is -2.13. The molecule has 1 rings (SSSR count). The molecule has 0 bridgehead atoms. The minimum atomic E-state index is -0.731. The first kappa shape index (κ1) is 12.9. The van der Waals surface area contributed by atoms with Crippen molar-refractivity contribution >= 4 is 22.4 Å². The van der Waals surface area contributed by atoms with Gasteiger partial charge in [-0.2, -0.15) is 0 Å². The highest BCUT2D eigenvalue weighted by Gasteiger charge is 1.99. The molecular formula is C10H18N4OS. The molecule has 1 heterocycles. The van der Waals surface area contributed by atoms with Gasteiger partial charge in [-0.15, -0.1) is 0 Å². The number of anilines is 2. The summed E-state index contributed by atoms with van der Waals surface area (Å²) in [5.41, 5.74) is 0. The van der Waals surface area contributed by atoms with Gasteiger partial charge in [0.05, 0.1) is 0 Å². The minimum Gasteiger partial charge on any atom is -0.370 e. The molecular weight excluding hydrogens is 224 g/mol. The Bertz CT molecular complexity index is 345. The molecule has 0 spiro atoms. The molecule has 0 aromatic carbocycles. The lowest BCUT2D eigenvalue weighted by Gasteiger charge is -2.06. The van der Waals surface area contributed by atoms with Gasteiger partial charge in [0, 0.05) is 41.5 Å². The monoisotopic (exact) mass is 242 g/mol. The topological polar surface area (TPSA) is 66.9 Å². The third kappa shape index (κ3) is 4.57. The molecule has 1 unspecified atom stereocenters. The summed E-state index contributed by atoms with van der Waals surface area (Å²) in [4.78, 5) is 8.15. The maximum absolute atomic E-state index is 11.2. The van der Waals surface area contributed by atoms with Crippen LogP contribution in [0.1, 0.15) is 13.8 Å². The molecule has 2 N–H and O–H groups in total. The Morgan fingerprint density at radius 2 is 1.94 bits per heavy atom. The van der Waals surface area contributed by atoms with Crippen LogP contribution in [-0.4, -0.2) is 38.8 Å². The summed E-state index contributed by atoms with van der Waals surface area (Å²) < 4.78 is 11.2. The Balaban J connectivity index is 2.41. The van der Waals surface area contributed by atoms with E-state index in [-0.39, 0.29) is 0 Å². The van der Waals surface area contributed by atoms with Crippen molar-refractivity contribution in [3.8, 4) is 0 Å². The molecule has 0 saturated heterocycles. The third-order valence-corrected chi connectivity index (χ3v) is 3.29. The Kier molecular flexibility index (Phi) is 5.77. The van der Waals surface area contributed by atoms with E-state index in [9.17, 15) is 4.21 Å². The standard InChI is InChI=1S/C10H18N4OS/c1-3-11-9-7-10(14-8-13-9)12-5-6-16(15)4-2/h7-8H,3-6H2,1-2H3,(H2,11,12,13,14). The summed E-state index contributed by atoms with van der Waals surface area (Å²) >= 11 is 0. The van der Waals surface area contributed by atoms with E-state index >= 15 is 0 Å². The van der Waals surface area contributed by atoms with E-state index in [1.165, 1.54) is 6.33 Å². The molecule has 0 aliphatic heterocycles. The van der Waals surface area contributed by atoms with Gasteiger partial charge in [0.1, 0.15) is 18.0 Å². The number of aromatic nitrogens is 2. The van der Waals surface area contributed by atoms with Gasteiger partial charge in [0.15, 0.2) is 0 Å². The van der Waals surface area contributed by atoms with E-state index in [2.05, 4.69) is 20.6 Å². The van der Waals surface area contributed by atoms with Crippen LogP contribution in [0.2, 0.25) is 0 Å². The molecule has 0 fully saturated rings. The predicted octanol–water partition coefficient (Wildman–Crippen LogP) is 1.09. The Labute approximate surface area is 98.5 Å². The van der Waals surface area contributed by atoms with Crippen LogP contribution in [0, 0.1) is 0 Å². The van der Waals surface area contributed by atoms with E-state index in [1.54, 1.807) is 0 Å². The molecule has 0 amide bonds. The summed E-state index contributed by atoms with van der Waals surface area (Å²) in [6.45, 7) is 5.43. The van der Waals surface area contributed by atoms with E-state index < -0.39 is 10.8 Å². The second-order valence-corrected chi connectivity index (χ2v) is 5.04. The summed E-state index contributed by atoms with van der Waals surface area (Å²) in [7, 11) is -0.731. The summed E-state index contributed by atoms with van der Waals surface area (Å²) in [5, 5.41) is 6.23. The van der Waals surface area contributed by atoms with E-state index in [4.69, 9.17) is 0 Å². The van der Waals surface area contributed by atoms with Crippen LogP contribution < -0.4 is 10.6 Å².